The van der Waals surface area contributed by atoms with Crippen LogP contribution in [0.3, 0.4) is 0 Å². The molecule has 0 aliphatic carbocycles. The van der Waals surface area contributed by atoms with E-state index in [0.717, 1.165) is 4.90 Å². The highest BCUT2D eigenvalue weighted by Crippen LogP contribution is 2.37. The van der Waals surface area contributed by atoms with Gasteiger partial charge in [-0.15, -0.1) is 0 Å². The van der Waals surface area contributed by atoms with E-state index in [-0.39, 0.29) is 17.0 Å². The number of rotatable bonds is 6. The van der Waals surface area contributed by atoms with Crippen molar-refractivity contribution in [2.24, 2.45) is 0 Å². The zero-order chi connectivity index (χ0) is 22.8. The Morgan fingerprint density at radius 2 is 1.56 bits per heavy atom. The van der Waals surface area contributed by atoms with Gasteiger partial charge in [0.05, 0.1) is 31.2 Å². The summed E-state index contributed by atoms with van der Waals surface area (Å²) < 4.78 is 24.0. The number of halogens is 2. The summed E-state index contributed by atoms with van der Waals surface area (Å²) in [5.74, 6) is -0.563. The highest BCUT2D eigenvalue weighted by molar-refractivity contribution is 6.46. The minimum atomic E-state index is -0.588. The predicted octanol–water partition coefficient (Wildman–Crippen LogP) is 4.89. The van der Waals surface area contributed by atoms with Gasteiger partial charge in [-0.3, -0.25) is 9.59 Å². The number of hydrogen-bond donors (Lipinski definition) is 1. The molecule has 6 nitrogen and oxygen atoms in total. The minimum Gasteiger partial charge on any atom is -0.497 e. The van der Waals surface area contributed by atoms with Crippen molar-refractivity contribution in [2.75, 3.05) is 24.4 Å². The number of benzene rings is 3. The Bertz CT molecular complexity index is 1220. The largest absolute Gasteiger partial charge is 0.497 e. The number of nitrogens with zero attached hydrogens (tertiary/aromatic N) is 1. The molecular weight excluding hydrogens is 435 g/mol. The zero-order valence-corrected chi connectivity index (χ0v) is 17.9. The summed E-state index contributed by atoms with van der Waals surface area (Å²) in [6.07, 6.45) is 0. The Kier molecular flexibility index (Phi) is 5.83. The second kappa shape index (κ2) is 8.72. The summed E-state index contributed by atoms with van der Waals surface area (Å²) in [6, 6.07) is 16.8. The third-order valence-corrected chi connectivity index (χ3v) is 5.20. The molecule has 0 aromatic heterocycles. The van der Waals surface area contributed by atoms with E-state index in [1.807, 2.05) is 0 Å². The molecule has 162 valence electrons. The normalized spacial score (nSPS) is 13.6. The van der Waals surface area contributed by atoms with E-state index < -0.39 is 17.6 Å². The van der Waals surface area contributed by atoms with Crippen LogP contribution in [-0.2, 0) is 9.59 Å². The van der Waals surface area contributed by atoms with Crippen molar-refractivity contribution in [3.63, 3.8) is 0 Å². The first-order chi connectivity index (χ1) is 15.4. The van der Waals surface area contributed by atoms with Crippen molar-refractivity contribution in [3.05, 3.63) is 88.8 Å². The van der Waals surface area contributed by atoms with Crippen LogP contribution in [0, 0.1) is 5.82 Å². The first-order valence-corrected chi connectivity index (χ1v) is 9.94. The summed E-state index contributed by atoms with van der Waals surface area (Å²) in [5, 5.41) is 3.45. The van der Waals surface area contributed by atoms with E-state index in [2.05, 4.69) is 5.32 Å². The van der Waals surface area contributed by atoms with Gasteiger partial charge in [-0.2, -0.15) is 0 Å². The molecule has 0 bridgehead atoms. The molecule has 0 radical (unpaired) electrons. The zero-order valence-electron chi connectivity index (χ0n) is 17.2. The molecule has 32 heavy (non-hydrogen) atoms. The lowest BCUT2D eigenvalue weighted by atomic mass is 10.0. The average molecular weight is 453 g/mol. The lowest BCUT2D eigenvalue weighted by Gasteiger charge is -2.16. The van der Waals surface area contributed by atoms with Crippen LogP contribution >= 0.6 is 11.6 Å². The van der Waals surface area contributed by atoms with Gasteiger partial charge in [0, 0.05) is 5.02 Å². The number of carbonyl (C=O) groups is 2. The smallest absolute Gasteiger partial charge is 0.282 e. The van der Waals surface area contributed by atoms with Crippen molar-refractivity contribution >= 4 is 40.4 Å². The third-order valence-electron chi connectivity index (χ3n) is 4.97. The lowest BCUT2D eigenvalue weighted by molar-refractivity contribution is -0.120. The molecule has 8 heteroatoms. The van der Waals surface area contributed by atoms with Crippen molar-refractivity contribution < 1.29 is 23.5 Å². The van der Waals surface area contributed by atoms with Crippen LogP contribution in [0.4, 0.5) is 15.8 Å². The summed E-state index contributed by atoms with van der Waals surface area (Å²) in [6.45, 7) is 0. The fraction of sp³-hybridized carbons (Fsp3) is 0.0833. The number of ether oxygens (including phenoxy) is 2. The number of nitrogens with one attached hydrogen (secondary N) is 1. The van der Waals surface area contributed by atoms with Crippen LogP contribution in [0.1, 0.15) is 5.56 Å². The molecular formula is C24H18ClFN2O4. The molecule has 3 aromatic carbocycles. The van der Waals surface area contributed by atoms with E-state index in [1.54, 1.807) is 42.5 Å². The SMILES string of the molecule is COc1ccc(C2=C(Nc3cc(Cl)ccc3OC)C(=O)N(c3ccc(F)cc3)C2=O)cc1. The molecule has 3 aromatic rings. The standard InChI is InChI=1S/C24H18ClFN2O4/c1-31-18-10-3-14(4-11-18)21-22(27-19-13-15(25)5-12-20(19)32-2)24(30)28(23(21)29)17-8-6-16(26)7-9-17/h3-13,27H,1-2H3. The van der Waals surface area contributed by atoms with Gasteiger partial charge in [0.2, 0.25) is 0 Å². The quantitative estimate of drug-likeness (QED) is 0.539. The molecule has 2 amide bonds. The van der Waals surface area contributed by atoms with Gasteiger partial charge in [-0.05, 0) is 60.2 Å². The van der Waals surface area contributed by atoms with Gasteiger partial charge >= 0.3 is 0 Å². The first-order valence-electron chi connectivity index (χ1n) is 9.56. The summed E-state index contributed by atoms with van der Waals surface area (Å²) in [5.41, 5.74) is 1.39. The van der Waals surface area contributed by atoms with E-state index in [0.29, 0.717) is 27.8 Å². The molecule has 0 fully saturated rings. The number of methoxy groups -OCH3 is 2. The summed E-state index contributed by atoms with van der Waals surface area (Å²) >= 11 is 6.13. The topological polar surface area (TPSA) is 67.9 Å². The Morgan fingerprint density at radius 3 is 2.19 bits per heavy atom. The third kappa shape index (κ3) is 3.90. The molecule has 1 heterocycles. The highest BCUT2D eigenvalue weighted by atomic mass is 35.5. The molecule has 1 aliphatic heterocycles. The number of amides is 2. The Hall–Kier alpha value is -3.84. The molecule has 0 spiro atoms. The number of anilines is 2. The van der Waals surface area contributed by atoms with Crippen LogP contribution < -0.4 is 19.7 Å². The molecule has 0 saturated carbocycles. The van der Waals surface area contributed by atoms with E-state index in [9.17, 15) is 14.0 Å². The predicted molar refractivity (Wildman–Crippen MR) is 120 cm³/mol. The van der Waals surface area contributed by atoms with Gasteiger partial charge in [0.25, 0.3) is 11.8 Å². The lowest BCUT2D eigenvalue weighted by Crippen LogP contribution is -2.32. The van der Waals surface area contributed by atoms with Crippen LogP contribution in [0.5, 0.6) is 11.5 Å². The van der Waals surface area contributed by atoms with Crippen LogP contribution in [0.15, 0.2) is 72.4 Å². The van der Waals surface area contributed by atoms with Gasteiger partial charge in [0.1, 0.15) is 23.0 Å². The van der Waals surface area contributed by atoms with Crippen molar-refractivity contribution in [3.8, 4) is 11.5 Å². The van der Waals surface area contributed by atoms with Gasteiger partial charge in [0.15, 0.2) is 0 Å². The van der Waals surface area contributed by atoms with E-state index >= 15 is 0 Å². The molecule has 0 saturated heterocycles. The van der Waals surface area contributed by atoms with Crippen LogP contribution in [0.2, 0.25) is 5.02 Å². The Balaban J connectivity index is 1.84. The van der Waals surface area contributed by atoms with Crippen LogP contribution in [-0.4, -0.2) is 26.0 Å². The number of hydrogen-bond acceptors (Lipinski definition) is 5. The van der Waals surface area contributed by atoms with E-state index in [1.165, 1.54) is 38.5 Å². The second-order valence-electron chi connectivity index (χ2n) is 6.87. The maximum absolute atomic E-state index is 13.4. The molecule has 1 aliphatic rings. The Labute approximate surface area is 188 Å². The monoisotopic (exact) mass is 452 g/mol. The minimum absolute atomic E-state index is 0.0464. The fourth-order valence-corrected chi connectivity index (χ4v) is 3.58. The average Bonchev–Trinajstić information content (AvgIpc) is 3.04. The van der Waals surface area contributed by atoms with Gasteiger partial charge in [-0.1, -0.05) is 23.7 Å². The Morgan fingerprint density at radius 1 is 0.875 bits per heavy atom. The van der Waals surface area contributed by atoms with E-state index in [4.69, 9.17) is 21.1 Å². The number of carbonyl (C=O) groups excluding carboxylic acids is 2. The first kappa shape index (κ1) is 21.4. The molecule has 0 unspecified atom stereocenters. The van der Waals surface area contributed by atoms with Crippen molar-refractivity contribution in [1.82, 2.24) is 0 Å². The van der Waals surface area contributed by atoms with Crippen molar-refractivity contribution in [2.45, 2.75) is 0 Å². The number of imide groups is 1. The van der Waals surface area contributed by atoms with Crippen molar-refractivity contribution in [1.29, 1.82) is 0 Å². The highest BCUT2D eigenvalue weighted by Gasteiger charge is 2.40. The summed E-state index contributed by atoms with van der Waals surface area (Å²) in [7, 11) is 3.02. The molecule has 1 N–H and O–H groups in total. The van der Waals surface area contributed by atoms with Crippen LogP contribution in [0.25, 0.3) is 5.57 Å². The van der Waals surface area contributed by atoms with Gasteiger partial charge in [-0.25, -0.2) is 9.29 Å². The molecule has 4 rings (SSSR count). The second-order valence-corrected chi connectivity index (χ2v) is 7.31. The summed E-state index contributed by atoms with van der Waals surface area (Å²) in [4.78, 5) is 27.8. The maximum atomic E-state index is 13.4. The molecule has 0 atom stereocenters. The van der Waals surface area contributed by atoms with Gasteiger partial charge < -0.3 is 14.8 Å². The fourth-order valence-electron chi connectivity index (χ4n) is 3.41. The maximum Gasteiger partial charge on any atom is 0.282 e.